The molecule has 2 aliphatic rings. The molecule has 1 saturated heterocycles. The molecule has 1 saturated carbocycles. The molecule has 0 bridgehead atoms. The van der Waals surface area contributed by atoms with Crippen LogP contribution in [0.5, 0.6) is 0 Å². The molecule has 6 N–H and O–H groups in total. The van der Waals surface area contributed by atoms with E-state index >= 15 is 0 Å². The SMILES string of the molecule is CC/C=C\CC1OC1C/C=C\C/C=C\C/C=C\C/C=C\CCC(=O)O[C@H](COC(=O)CCCCCCCCCCCCCCCCCCC)COP(=O)(O)OC1[C@H](O)[C@H](O)C(O)[C@H](O)[C@H]1O. The van der Waals surface area contributed by atoms with Crippen molar-refractivity contribution in [1.82, 2.24) is 0 Å². The van der Waals surface area contributed by atoms with Crippen LogP contribution in [-0.2, 0) is 37.4 Å². The number of phosphoric ester groups is 1. The fourth-order valence-electron chi connectivity index (χ4n) is 7.65. The van der Waals surface area contributed by atoms with Crippen LogP contribution in [0, 0.1) is 0 Å². The number of phosphoric acid groups is 1. The maximum absolute atomic E-state index is 12.8. The Morgan fingerprint density at radius 1 is 0.545 bits per heavy atom. The number of aliphatic hydroxyl groups excluding tert-OH is 5. The van der Waals surface area contributed by atoms with Gasteiger partial charge in [-0.05, 0) is 51.4 Å². The van der Waals surface area contributed by atoms with Gasteiger partial charge in [-0.1, -0.05) is 177 Å². The predicted octanol–water partition coefficient (Wildman–Crippen LogP) is 9.49. The molecule has 0 aromatic heterocycles. The largest absolute Gasteiger partial charge is 0.472 e. The van der Waals surface area contributed by atoms with E-state index in [9.17, 15) is 44.6 Å². The van der Waals surface area contributed by atoms with Crippen molar-refractivity contribution in [1.29, 1.82) is 0 Å². The van der Waals surface area contributed by atoms with Crippen molar-refractivity contribution < 1.29 is 67.8 Å². The third kappa shape index (κ3) is 28.7. The molecule has 5 unspecified atom stereocenters. The second-order valence-electron chi connectivity index (χ2n) is 17.7. The van der Waals surface area contributed by atoms with E-state index in [2.05, 4.69) is 56.4 Å². The van der Waals surface area contributed by atoms with Crippen molar-refractivity contribution in [2.45, 2.75) is 236 Å². The van der Waals surface area contributed by atoms with Crippen LogP contribution in [0.15, 0.2) is 60.8 Å². The van der Waals surface area contributed by atoms with Gasteiger partial charge in [0.15, 0.2) is 6.10 Å². The summed E-state index contributed by atoms with van der Waals surface area (Å²) in [5.74, 6) is -1.20. The Labute approximate surface area is 396 Å². The summed E-state index contributed by atoms with van der Waals surface area (Å²) in [6, 6.07) is 0. The van der Waals surface area contributed by atoms with Crippen LogP contribution in [0.2, 0.25) is 0 Å². The standard InChI is InChI=1S/C51H87O14P/c1-3-5-7-8-9-10-11-12-13-14-15-16-20-23-26-29-33-37-44(52)61-39-41(40-62-66(59,60)65-51-49(57)47(55)46(54)48(56)50(51)58)63-45(53)38-34-30-27-24-21-18-17-19-22-25-28-32-36-43-42(64-43)35-31-6-4-2/h6,18-19,21-22,27-28,30-32,41-43,46-51,54-58H,3-5,7-17,20,23-26,29,33-40H2,1-2H3,(H,59,60)/b21-18-,22-19-,30-27-,31-6-,32-28-/t41-,42?,43?,46?,47-,48+,49-,50-,51?/m1/s1. The van der Waals surface area contributed by atoms with E-state index in [4.69, 9.17) is 23.3 Å². The molecule has 10 atom stereocenters. The molecular weight excluding hydrogens is 868 g/mol. The summed E-state index contributed by atoms with van der Waals surface area (Å²) in [6.45, 7) is 3.14. The summed E-state index contributed by atoms with van der Waals surface area (Å²) in [5.41, 5.74) is 0. The number of epoxide rings is 1. The minimum absolute atomic E-state index is 0.0323. The van der Waals surface area contributed by atoms with Gasteiger partial charge in [-0.3, -0.25) is 18.6 Å². The number of rotatable bonds is 40. The Morgan fingerprint density at radius 3 is 1.48 bits per heavy atom. The highest BCUT2D eigenvalue weighted by atomic mass is 31.2. The van der Waals surface area contributed by atoms with Crippen molar-refractivity contribution in [2.75, 3.05) is 13.2 Å². The summed E-state index contributed by atoms with van der Waals surface area (Å²) >= 11 is 0. The molecule has 380 valence electrons. The third-order valence-electron chi connectivity index (χ3n) is 11.8. The first-order valence-electron chi connectivity index (χ1n) is 25.2. The average molecular weight is 955 g/mol. The molecule has 1 heterocycles. The number of ether oxygens (including phenoxy) is 3. The van der Waals surface area contributed by atoms with Gasteiger partial charge in [0.25, 0.3) is 0 Å². The van der Waals surface area contributed by atoms with Crippen molar-refractivity contribution in [2.24, 2.45) is 0 Å². The summed E-state index contributed by atoms with van der Waals surface area (Å²) in [5, 5.41) is 50.2. The van der Waals surface area contributed by atoms with E-state index < -0.39 is 75.7 Å². The van der Waals surface area contributed by atoms with Crippen LogP contribution in [0.25, 0.3) is 0 Å². The molecule has 0 amide bonds. The van der Waals surface area contributed by atoms with Crippen molar-refractivity contribution >= 4 is 19.8 Å². The van der Waals surface area contributed by atoms with Crippen LogP contribution in [0.3, 0.4) is 0 Å². The monoisotopic (exact) mass is 955 g/mol. The number of hydrogen-bond acceptors (Lipinski definition) is 13. The van der Waals surface area contributed by atoms with E-state index in [0.717, 1.165) is 51.4 Å². The first kappa shape index (κ1) is 59.6. The van der Waals surface area contributed by atoms with Gasteiger partial charge in [-0.15, -0.1) is 0 Å². The normalized spacial score (nSPS) is 24.8. The Kier molecular flexibility index (Phi) is 33.8. The molecule has 0 aromatic carbocycles. The first-order valence-corrected chi connectivity index (χ1v) is 26.7. The maximum Gasteiger partial charge on any atom is 0.472 e. The predicted molar refractivity (Wildman–Crippen MR) is 257 cm³/mol. The highest BCUT2D eigenvalue weighted by Crippen LogP contribution is 2.47. The van der Waals surface area contributed by atoms with Crippen molar-refractivity contribution in [3.05, 3.63) is 60.8 Å². The van der Waals surface area contributed by atoms with Gasteiger partial charge in [0.05, 0.1) is 18.8 Å². The van der Waals surface area contributed by atoms with Gasteiger partial charge < -0.3 is 44.6 Å². The van der Waals surface area contributed by atoms with Crippen LogP contribution in [0.4, 0.5) is 0 Å². The first-order chi connectivity index (χ1) is 31.9. The Morgan fingerprint density at radius 2 is 0.985 bits per heavy atom. The summed E-state index contributed by atoms with van der Waals surface area (Å²) < 4.78 is 39.2. The molecule has 2 rings (SSSR count). The second-order valence-corrected chi connectivity index (χ2v) is 19.1. The molecule has 0 aromatic rings. The molecule has 14 nitrogen and oxygen atoms in total. The molecule has 0 radical (unpaired) electrons. The Hall–Kier alpha value is -2.49. The third-order valence-corrected chi connectivity index (χ3v) is 12.8. The molecular formula is C51H87O14P. The van der Waals surface area contributed by atoms with Crippen molar-refractivity contribution in [3.8, 4) is 0 Å². The highest BCUT2D eigenvalue weighted by Gasteiger charge is 2.51. The molecule has 1 aliphatic carbocycles. The molecule has 1 aliphatic heterocycles. The molecule has 66 heavy (non-hydrogen) atoms. The maximum atomic E-state index is 12.8. The average Bonchev–Trinajstić information content (AvgIpc) is 4.06. The summed E-state index contributed by atoms with van der Waals surface area (Å²) in [7, 11) is -5.15. The minimum Gasteiger partial charge on any atom is -0.462 e. The number of allylic oxidation sites excluding steroid dienone is 8. The van der Waals surface area contributed by atoms with Crippen LogP contribution in [-0.4, -0.2) is 111 Å². The fourth-order valence-corrected chi connectivity index (χ4v) is 8.62. The number of carbonyl (C=O) groups is 2. The van der Waals surface area contributed by atoms with Gasteiger partial charge in [0.2, 0.25) is 0 Å². The summed E-state index contributed by atoms with van der Waals surface area (Å²) in [6.07, 6.45) is 34.6. The lowest BCUT2D eigenvalue weighted by Crippen LogP contribution is -2.64. The Balaban J connectivity index is 1.70. The van der Waals surface area contributed by atoms with Crippen molar-refractivity contribution in [3.63, 3.8) is 0 Å². The molecule has 0 spiro atoms. The van der Waals surface area contributed by atoms with Gasteiger partial charge >= 0.3 is 19.8 Å². The number of aliphatic hydroxyl groups is 5. The number of carbonyl (C=O) groups excluding carboxylic acids is 2. The molecule has 15 heteroatoms. The highest BCUT2D eigenvalue weighted by molar-refractivity contribution is 7.47. The zero-order chi connectivity index (χ0) is 48.3. The van der Waals surface area contributed by atoms with Crippen LogP contribution >= 0.6 is 7.82 Å². The lowest BCUT2D eigenvalue weighted by Gasteiger charge is -2.41. The van der Waals surface area contributed by atoms with Crippen LogP contribution < -0.4 is 0 Å². The van der Waals surface area contributed by atoms with Gasteiger partial charge in [-0.2, -0.15) is 0 Å². The lowest BCUT2D eigenvalue weighted by molar-refractivity contribution is -0.220. The van der Waals surface area contributed by atoms with E-state index in [0.29, 0.717) is 31.5 Å². The van der Waals surface area contributed by atoms with Gasteiger partial charge in [0, 0.05) is 12.8 Å². The minimum atomic E-state index is -5.15. The number of esters is 2. The second kappa shape index (κ2) is 37.4. The van der Waals surface area contributed by atoms with Gasteiger partial charge in [-0.25, -0.2) is 4.57 Å². The zero-order valence-electron chi connectivity index (χ0n) is 40.2. The molecule has 2 fully saturated rings. The van der Waals surface area contributed by atoms with E-state index in [1.165, 1.54) is 83.5 Å². The van der Waals surface area contributed by atoms with E-state index in [1.807, 2.05) is 18.2 Å². The fraction of sp³-hybridized carbons (Fsp3) is 0.765. The lowest BCUT2D eigenvalue weighted by atomic mass is 9.85. The number of unbranched alkanes of at least 4 members (excludes halogenated alkanes) is 16. The zero-order valence-corrected chi connectivity index (χ0v) is 41.1. The van der Waals surface area contributed by atoms with E-state index in [-0.39, 0.29) is 12.8 Å². The topological polar surface area (TPSA) is 222 Å². The smallest absolute Gasteiger partial charge is 0.462 e. The van der Waals surface area contributed by atoms with Gasteiger partial charge in [0.1, 0.15) is 43.2 Å². The quantitative estimate of drug-likeness (QED) is 0.0111. The summed E-state index contributed by atoms with van der Waals surface area (Å²) in [4.78, 5) is 35.8. The van der Waals surface area contributed by atoms with Crippen LogP contribution in [0.1, 0.15) is 181 Å². The number of hydrogen-bond donors (Lipinski definition) is 6. The Bertz CT molecular complexity index is 1450. The van der Waals surface area contributed by atoms with E-state index in [1.54, 1.807) is 0 Å².